The molecule has 0 saturated heterocycles. The molecule has 6 nitrogen and oxygen atoms in total. The van der Waals surface area contributed by atoms with Crippen LogP contribution >= 0.6 is 11.6 Å². The van der Waals surface area contributed by atoms with Crippen molar-refractivity contribution in [1.82, 2.24) is 10.3 Å². The maximum atomic E-state index is 12.8. The molecule has 2 aromatic rings. The molecule has 1 aliphatic rings. The molecule has 1 N–H and O–H groups in total. The molecule has 0 fully saturated rings. The normalized spacial score (nSPS) is 15.9. The van der Waals surface area contributed by atoms with Crippen LogP contribution in [0.2, 0.25) is 5.02 Å². The second kappa shape index (κ2) is 8.89. The fourth-order valence-corrected chi connectivity index (χ4v) is 3.31. The maximum absolute atomic E-state index is 12.8. The highest BCUT2D eigenvalue weighted by atomic mass is 35.5. The van der Waals surface area contributed by atoms with Crippen molar-refractivity contribution in [2.45, 2.75) is 25.8 Å². The van der Waals surface area contributed by atoms with Crippen LogP contribution in [0.15, 0.2) is 53.6 Å². The number of rotatable bonds is 6. The fourth-order valence-electron chi connectivity index (χ4n) is 3.06. The highest BCUT2D eigenvalue weighted by Crippen LogP contribution is 2.34. The number of ether oxygens (including phenoxy) is 1. The highest BCUT2D eigenvalue weighted by molar-refractivity contribution is 6.34. The Balaban J connectivity index is 1.89. The Morgan fingerprint density at radius 3 is 2.57 bits per heavy atom. The van der Waals surface area contributed by atoms with Gasteiger partial charge in [0.25, 0.3) is 5.91 Å². The van der Waals surface area contributed by atoms with Gasteiger partial charge >= 0.3 is 0 Å². The number of methoxy groups -OCH3 is 1. The molecular weight excluding hydrogens is 378 g/mol. The van der Waals surface area contributed by atoms with E-state index in [9.17, 15) is 9.59 Å². The average molecular weight is 400 g/mol. The van der Waals surface area contributed by atoms with E-state index >= 15 is 0 Å². The Hall–Kier alpha value is -2.86. The van der Waals surface area contributed by atoms with Gasteiger partial charge in [0.1, 0.15) is 5.75 Å². The molecule has 0 radical (unpaired) electrons. The summed E-state index contributed by atoms with van der Waals surface area (Å²) in [5.41, 5.74) is 2.47. The molecule has 1 aliphatic heterocycles. The van der Waals surface area contributed by atoms with Crippen molar-refractivity contribution >= 4 is 29.1 Å². The third kappa shape index (κ3) is 4.34. The van der Waals surface area contributed by atoms with Crippen LogP contribution in [0.1, 0.15) is 36.9 Å². The lowest BCUT2D eigenvalue weighted by molar-refractivity contribution is -0.134. The van der Waals surface area contributed by atoms with E-state index in [4.69, 9.17) is 16.3 Å². The predicted molar refractivity (Wildman–Crippen MR) is 108 cm³/mol. The number of nitrogens with zero attached hydrogens (tertiary/aromatic N) is 2. The first-order chi connectivity index (χ1) is 13.5. The van der Waals surface area contributed by atoms with Gasteiger partial charge in [0, 0.05) is 23.4 Å². The SMILES string of the molecule is CCC(=O)NCC(=O)N1N=C(c2ccccc2Cl)CC1c1ccc(OC)cc1. The second-order valence-corrected chi connectivity index (χ2v) is 6.80. The van der Waals surface area contributed by atoms with Gasteiger partial charge in [-0.25, -0.2) is 5.01 Å². The van der Waals surface area contributed by atoms with Crippen LogP contribution in [0.25, 0.3) is 0 Å². The van der Waals surface area contributed by atoms with Gasteiger partial charge in [0.15, 0.2) is 0 Å². The fraction of sp³-hybridized carbons (Fsp3) is 0.286. The van der Waals surface area contributed by atoms with E-state index in [2.05, 4.69) is 10.4 Å². The minimum atomic E-state index is -0.275. The van der Waals surface area contributed by atoms with E-state index in [-0.39, 0.29) is 24.4 Å². The lowest BCUT2D eigenvalue weighted by Crippen LogP contribution is -2.37. The molecule has 7 heteroatoms. The maximum Gasteiger partial charge on any atom is 0.262 e. The van der Waals surface area contributed by atoms with E-state index in [0.29, 0.717) is 17.9 Å². The van der Waals surface area contributed by atoms with Crippen LogP contribution in [0, 0.1) is 0 Å². The Bertz CT molecular complexity index is 896. The van der Waals surface area contributed by atoms with Crippen molar-refractivity contribution in [3.8, 4) is 5.75 Å². The number of hydrazone groups is 1. The second-order valence-electron chi connectivity index (χ2n) is 6.39. The van der Waals surface area contributed by atoms with Crippen molar-refractivity contribution in [1.29, 1.82) is 0 Å². The molecule has 0 spiro atoms. The molecular formula is C21H22ClN3O3. The molecule has 3 rings (SSSR count). The van der Waals surface area contributed by atoms with Crippen LogP contribution in [-0.4, -0.2) is 36.2 Å². The quantitative estimate of drug-likeness (QED) is 0.807. The summed E-state index contributed by atoms with van der Waals surface area (Å²) in [5, 5.41) is 9.20. The topological polar surface area (TPSA) is 71.0 Å². The van der Waals surface area contributed by atoms with Gasteiger partial charge in [-0.3, -0.25) is 9.59 Å². The van der Waals surface area contributed by atoms with Crippen LogP contribution < -0.4 is 10.1 Å². The number of carbonyl (C=O) groups excluding carboxylic acids is 2. The van der Waals surface area contributed by atoms with Gasteiger partial charge in [-0.1, -0.05) is 48.9 Å². The zero-order valence-corrected chi connectivity index (χ0v) is 16.6. The molecule has 1 atom stereocenters. The molecule has 2 amide bonds. The predicted octanol–water partition coefficient (Wildman–Crippen LogP) is 3.55. The van der Waals surface area contributed by atoms with Crippen molar-refractivity contribution in [3.05, 3.63) is 64.7 Å². The lowest BCUT2D eigenvalue weighted by atomic mass is 9.98. The molecule has 28 heavy (non-hydrogen) atoms. The van der Waals surface area contributed by atoms with Gasteiger partial charge in [-0.2, -0.15) is 5.10 Å². The summed E-state index contributed by atoms with van der Waals surface area (Å²) in [6.45, 7) is 1.64. The Kier molecular flexibility index (Phi) is 6.31. The number of nitrogens with one attached hydrogen (secondary N) is 1. The summed E-state index contributed by atoms with van der Waals surface area (Å²) in [4.78, 5) is 24.3. The van der Waals surface area contributed by atoms with Crippen LogP contribution in [-0.2, 0) is 9.59 Å². The standard InChI is InChI=1S/C21H22ClN3O3/c1-3-20(26)23-13-21(27)25-19(14-8-10-15(28-2)11-9-14)12-18(24-25)16-6-4-5-7-17(16)22/h4-11,19H,3,12-13H2,1-2H3,(H,23,26). The average Bonchev–Trinajstić information content (AvgIpc) is 3.17. The monoisotopic (exact) mass is 399 g/mol. The third-order valence-electron chi connectivity index (χ3n) is 4.61. The summed E-state index contributed by atoms with van der Waals surface area (Å²) < 4.78 is 5.22. The summed E-state index contributed by atoms with van der Waals surface area (Å²) in [7, 11) is 1.61. The largest absolute Gasteiger partial charge is 0.497 e. The molecule has 0 aliphatic carbocycles. The van der Waals surface area contributed by atoms with E-state index in [0.717, 1.165) is 22.6 Å². The molecule has 0 aromatic heterocycles. The van der Waals surface area contributed by atoms with E-state index in [1.807, 2.05) is 42.5 Å². The number of hydrogen-bond donors (Lipinski definition) is 1. The van der Waals surface area contributed by atoms with Gasteiger partial charge in [0.05, 0.1) is 25.4 Å². The van der Waals surface area contributed by atoms with Crippen LogP contribution in [0.4, 0.5) is 0 Å². The van der Waals surface area contributed by atoms with E-state index in [1.165, 1.54) is 5.01 Å². The number of halogens is 1. The highest BCUT2D eigenvalue weighted by Gasteiger charge is 2.33. The van der Waals surface area contributed by atoms with Gasteiger partial charge in [-0.05, 0) is 23.8 Å². The Morgan fingerprint density at radius 1 is 1.21 bits per heavy atom. The molecule has 146 valence electrons. The van der Waals surface area contributed by atoms with E-state index < -0.39 is 0 Å². The smallest absolute Gasteiger partial charge is 0.262 e. The molecule has 1 unspecified atom stereocenters. The summed E-state index contributed by atoms with van der Waals surface area (Å²) in [6, 6.07) is 14.7. The number of amides is 2. The third-order valence-corrected chi connectivity index (χ3v) is 4.94. The molecule has 1 heterocycles. The van der Waals surface area contributed by atoms with Crippen LogP contribution in [0.5, 0.6) is 5.75 Å². The van der Waals surface area contributed by atoms with E-state index in [1.54, 1.807) is 20.1 Å². The van der Waals surface area contributed by atoms with Crippen molar-refractivity contribution in [2.75, 3.05) is 13.7 Å². The van der Waals surface area contributed by atoms with Crippen molar-refractivity contribution in [3.63, 3.8) is 0 Å². The zero-order valence-electron chi connectivity index (χ0n) is 15.8. The molecule has 0 saturated carbocycles. The van der Waals surface area contributed by atoms with Gasteiger partial charge in [0.2, 0.25) is 5.91 Å². The summed E-state index contributed by atoms with van der Waals surface area (Å²) in [6.07, 6.45) is 0.854. The van der Waals surface area contributed by atoms with Gasteiger partial charge in [-0.15, -0.1) is 0 Å². The van der Waals surface area contributed by atoms with Crippen molar-refractivity contribution in [2.24, 2.45) is 5.10 Å². The minimum Gasteiger partial charge on any atom is -0.497 e. The first-order valence-corrected chi connectivity index (χ1v) is 9.46. The van der Waals surface area contributed by atoms with Crippen LogP contribution in [0.3, 0.4) is 0 Å². The molecule has 2 aromatic carbocycles. The number of benzene rings is 2. The Morgan fingerprint density at radius 2 is 1.93 bits per heavy atom. The van der Waals surface area contributed by atoms with Crippen molar-refractivity contribution < 1.29 is 14.3 Å². The first kappa shape index (κ1) is 19.9. The number of carbonyl (C=O) groups is 2. The Labute approximate surface area is 169 Å². The molecule has 0 bridgehead atoms. The lowest BCUT2D eigenvalue weighted by Gasteiger charge is -2.22. The zero-order chi connectivity index (χ0) is 20.1. The van der Waals surface area contributed by atoms with Gasteiger partial charge < -0.3 is 10.1 Å². The minimum absolute atomic E-state index is 0.0986. The number of hydrogen-bond acceptors (Lipinski definition) is 4. The first-order valence-electron chi connectivity index (χ1n) is 9.08. The summed E-state index contributed by atoms with van der Waals surface area (Å²) in [5.74, 6) is 0.288. The summed E-state index contributed by atoms with van der Waals surface area (Å²) >= 11 is 6.33.